The number of aromatic nitrogens is 1. The lowest BCUT2D eigenvalue weighted by atomic mass is 10.2. The summed E-state index contributed by atoms with van der Waals surface area (Å²) in [6.45, 7) is 2.23. The Morgan fingerprint density at radius 1 is 1.18 bits per heavy atom. The van der Waals surface area contributed by atoms with E-state index in [-0.39, 0.29) is 17.2 Å². The molecule has 0 radical (unpaired) electrons. The average Bonchev–Trinajstić information content (AvgIpc) is 3.38. The normalized spacial score (nSPS) is 16.0. The first-order chi connectivity index (χ1) is 15.9. The van der Waals surface area contributed by atoms with E-state index in [1.807, 2.05) is 6.92 Å². The number of carbonyl (C=O) groups is 2. The van der Waals surface area contributed by atoms with Gasteiger partial charge in [0.25, 0.3) is 11.6 Å². The number of carboxylic acids is 1. The van der Waals surface area contributed by atoms with Crippen molar-refractivity contribution in [3.63, 3.8) is 0 Å². The number of nitro groups is 1. The molecule has 1 aliphatic rings. The summed E-state index contributed by atoms with van der Waals surface area (Å²) in [4.78, 5) is 41.4. The molecule has 2 aromatic carbocycles. The maximum Gasteiger partial charge on any atom is 0.335 e. The van der Waals surface area contributed by atoms with Gasteiger partial charge in [-0.15, -0.1) is 0 Å². The Bertz CT molecular complexity index is 1330. The highest BCUT2D eigenvalue weighted by atomic mass is 32.2. The van der Waals surface area contributed by atoms with E-state index in [2.05, 4.69) is 4.99 Å². The van der Waals surface area contributed by atoms with E-state index in [1.165, 1.54) is 40.9 Å². The number of aromatic carboxylic acids is 1. The first-order valence-corrected chi connectivity index (χ1v) is 10.7. The Hall–Kier alpha value is -4.18. The van der Waals surface area contributed by atoms with Crippen LogP contribution < -0.4 is 0 Å². The number of hydrogen-bond donors (Lipinski definition) is 1. The average molecular weight is 462 g/mol. The van der Waals surface area contributed by atoms with Crippen molar-refractivity contribution in [3.05, 3.63) is 93.1 Å². The molecule has 0 atom stereocenters. The molecule has 0 unspecified atom stereocenters. The topological polar surface area (TPSA) is 118 Å². The Labute approximate surface area is 192 Å². The number of thioether (sulfide) groups is 1. The zero-order valence-electron chi connectivity index (χ0n) is 17.4. The van der Waals surface area contributed by atoms with E-state index in [0.717, 1.165) is 0 Å². The number of rotatable bonds is 6. The van der Waals surface area contributed by atoms with Gasteiger partial charge in [0.05, 0.1) is 26.8 Å². The van der Waals surface area contributed by atoms with Crippen LogP contribution in [0.2, 0.25) is 0 Å². The second kappa shape index (κ2) is 9.13. The summed E-state index contributed by atoms with van der Waals surface area (Å²) in [5, 5.41) is 20.8. The minimum absolute atomic E-state index is 0.0266. The molecule has 1 aliphatic heterocycles. The second-order valence-corrected chi connectivity index (χ2v) is 8.00. The van der Waals surface area contributed by atoms with Gasteiger partial charge < -0.3 is 9.67 Å². The maximum absolute atomic E-state index is 13.0. The van der Waals surface area contributed by atoms with Gasteiger partial charge in [0.2, 0.25) is 0 Å². The Morgan fingerprint density at radius 3 is 2.70 bits per heavy atom. The van der Waals surface area contributed by atoms with Crippen LogP contribution in [0.5, 0.6) is 0 Å². The van der Waals surface area contributed by atoms with Gasteiger partial charge in [0, 0.05) is 30.6 Å². The van der Waals surface area contributed by atoms with Gasteiger partial charge in [0.15, 0.2) is 5.17 Å². The van der Waals surface area contributed by atoms with Gasteiger partial charge >= 0.3 is 5.97 Å². The van der Waals surface area contributed by atoms with E-state index in [4.69, 9.17) is 0 Å². The molecule has 33 heavy (non-hydrogen) atoms. The number of amidine groups is 1. The van der Waals surface area contributed by atoms with Gasteiger partial charge in [-0.25, -0.2) is 9.79 Å². The van der Waals surface area contributed by atoms with Crippen LogP contribution in [0.1, 0.15) is 23.0 Å². The quantitative estimate of drug-likeness (QED) is 0.322. The highest BCUT2D eigenvalue weighted by molar-refractivity contribution is 8.18. The largest absolute Gasteiger partial charge is 0.478 e. The predicted molar refractivity (Wildman–Crippen MR) is 126 cm³/mol. The van der Waals surface area contributed by atoms with E-state index < -0.39 is 10.9 Å². The molecule has 1 N–H and O–H groups in total. The smallest absolute Gasteiger partial charge is 0.335 e. The zero-order chi connectivity index (χ0) is 23.5. The van der Waals surface area contributed by atoms with Crippen LogP contribution in [-0.2, 0) is 4.79 Å². The van der Waals surface area contributed by atoms with Crippen LogP contribution in [0.3, 0.4) is 0 Å². The number of aliphatic imine (C=N–C) groups is 1. The maximum atomic E-state index is 13.0. The third-order valence-electron chi connectivity index (χ3n) is 4.90. The fourth-order valence-corrected chi connectivity index (χ4v) is 4.37. The van der Waals surface area contributed by atoms with Gasteiger partial charge in [0.1, 0.15) is 0 Å². The molecule has 4 rings (SSSR count). The highest BCUT2D eigenvalue weighted by Crippen LogP contribution is 2.34. The van der Waals surface area contributed by atoms with Crippen LogP contribution in [-0.4, -0.2) is 43.1 Å². The van der Waals surface area contributed by atoms with E-state index in [9.17, 15) is 24.8 Å². The first-order valence-electron chi connectivity index (χ1n) is 9.93. The van der Waals surface area contributed by atoms with E-state index in [0.29, 0.717) is 33.7 Å². The van der Waals surface area contributed by atoms with Gasteiger partial charge in [-0.2, -0.15) is 0 Å². The number of amides is 1. The Morgan fingerprint density at radius 2 is 1.97 bits per heavy atom. The van der Waals surface area contributed by atoms with Crippen LogP contribution in [0.25, 0.3) is 11.8 Å². The number of non-ortho nitro benzene ring substituents is 1. The minimum Gasteiger partial charge on any atom is -0.478 e. The molecule has 1 saturated heterocycles. The molecule has 166 valence electrons. The summed E-state index contributed by atoms with van der Waals surface area (Å²) < 4.78 is 1.76. The first kappa shape index (κ1) is 22.0. The van der Waals surface area contributed by atoms with Crippen molar-refractivity contribution in [2.75, 3.05) is 6.54 Å². The lowest BCUT2D eigenvalue weighted by Gasteiger charge is -2.12. The standard InChI is InChI=1S/C23H18N4O5S/c1-2-25-21(28)20(33-23(25)24-16-7-3-6-15(12-16)22(29)30)14-18-10-5-11-26(18)17-8-4-9-19(13-17)27(31)32/h3-14H,2H2,1H3,(H,29,30)/b20-14-,24-23?. The molecule has 0 saturated carbocycles. The molecule has 3 aromatic rings. The molecule has 1 amide bonds. The summed E-state index contributed by atoms with van der Waals surface area (Å²) in [6, 6.07) is 16.0. The van der Waals surface area contributed by atoms with Crippen molar-refractivity contribution < 1.29 is 19.6 Å². The van der Waals surface area contributed by atoms with Gasteiger partial charge in [-0.05, 0) is 61.2 Å². The predicted octanol–water partition coefficient (Wildman–Crippen LogP) is 4.71. The summed E-state index contributed by atoms with van der Waals surface area (Å²) in [5.74, 6) is -1.27. The Kier molecular flexibility index (Phi) is 6.09. The minimum atomic E-state index is -1.05. The summed E-state index contributed by atoms with van der Waals surface area (Å²) >= 11 is 1.19. The highest BCUT2D eigenvalue weighted by Gasteiger charge is 2.32. The summed E-state index contributed by atoms with van der Waals surface area (Å²) in [5.41, 5.74) is 1.80. The molecule has 1 fully saturated rings. The number of hydrogen-bond acceptors (Lipinski definition) is 6. The van der Waals surface area contributed by atoms with Gasteiger partial charge in [-0.1, -0.05) is 12.1 Å². The molecule has 2 heterocycles. The lowest BCUT2D eigenvalue weighted by Crippen LogP contribution is -2.28. The van der Waals surface area contributed by atoms with Crippen molar-refractivity contribution in [1.29, 1.82) is 0 Å². The number of carbonyl (C=O) groups excluding carboxylic acids is 1. The van der Waals surface area contributed by atoms with Crippen LogP contribution >= 0.6 is 11.8 Å². The second-order valence-electron chi connectivity index (χ2n) is 6.99. The SMILES string of the molecule is CCN1C(=O)/C(=C/c2cccn2-c2cccc([N+](=O)[O-])c2)SC1=Nc1cccc(C(=O)O)c1. The van der Waals surface area contributed by atoms with Crippen molar-refractivity contribution in [2.45, 2.75) is 6.92 Å². The van der Waals surface area contributed by atoms with Crippen LogP contribution in [0.15, 0.2) is 76.8 Å². The third kappa shape index (κ3) is 4.55. The fraction of sp³-hybridized carbons (Fsp3) is 0.0870. The molecule has 0 bridgehead atoms. The Balaban J connectivity index is 1.68. The zero-order valence-corrected chi connectivity index (χ0v) is 18.2. The summed E-state index contributed by atoms with van der Waals surface area (Å²) in [7, 11) is 0. The molecule has 0 aliphatic carbocycles. The molecule has 1 aromatic heterocycles. The van der Waals surface area contributed by atoms with Crippen molar-refractivity contribution >= 4 is 46.3 Å². The number of carboxylic acid groups (broad SMARTS) is 1. The molecule has 10 heteroatoms. The number of benzene rings is 2. The summed E-state index contributed by atoms with van der Waals surface area (Å²) in [6.07, 6.45) is 3.48. The number of nitro benzene ring substituents is 1. The number of likely N-dealkylation sites (N-methyl/N-ethyl adjacent to an activating group) is 1. The molecule has 0 spiro atoms. The van der Waals surface area contributed by atoms with Crippen molar-refractivity contribution in [1.82, 2.24) is 9.47 Å². The van der Waals surface area contributed by atoms with Crippen LogP contribution in [0, 0.1) is 10.1 Å². The van der Waals surface area contributed by atoms with Crippen molar-refractivity contribution in [3.8, 4) is 5.69 Å². The van der Waals surface area contributed by atoms with Crippen LogP contribution in [0.4, 0.5) is 11.4 Å². The molecule has 9 nitrogen and oxygen atoms in total. The van der Waals surface area contributed by atoms with Gasteiger partial charge in [-0.3, -0.25) is 19.8 Å². The lowest BCUT2D eigenvalue weighted by molar-refractivity contribution is -0.384. The fourth-order valence-electron chi connectivity index (χ4n) is 3.33. The molecular formula is C23H18N4O5S. The number of nitrogens with zero attached hydrogens (tertiary/aromatic N) is 4. The monoisotopic (exact) mass is 462 g/mol. The third-order valence-corrected chi connectivity index (χ3v) is 5.91. The molecular weight excluding hydrogens is 444 g/mol. The van der Waals surface area contributed by atoms with E-state index in [1.54, 1.807) is 53.2 Å². The van der Waals surface area contributed by atoms with E-state index >= 15 is 0 Å². The van der Waals surface area contributed by atoms with Crippen molar-refractivity contribution in [2.24, 2.45) is 4.99 Å².